The molecule has 0 saturated heterocycles. The van der Waals surface area contributed by atoms with E-state index in [0.29, 0.717) is 29.4 Å². The van der Waals surface area contributed by atoms with Gasteiger partial charge in [-0.1, -0.05) is 12.1 Å². The molecule has 0 radical (unpaired) electrons. The smallest absolute Gasteiger partial charge is 0.307 e. The molecular formula is C22H24N2O5. The zero-order valence-corrected chi connectivity index (χ0v) is 16.9. The molecule has 0 fully saturated rings. The summed E-state index contributed by atoms with van der Waals surface area (Å²) in [5, 5.41) is 4.79. The number of furan rings is 1. The summed E-state index contributed by atoms with van der Waals surface area (Å²) in [5.41, 5.74) is 3.75. The topological polar surface area (TPSA) is 82.3 Å². The first-order valence-corrected chi connectivity index (χ1v) is 9.35. The number of nitrogens with one attached hydrogen (secondary N) is 1. The largest absolute Gasteiger partial charge is 0.493 e. The Balaban J connectivity index is 1.72. The molecule has 0 bridgehead atoms. The quantitative estimate of drug-likeness (QED) is 0.451. The molecule has 1 N–H and O–H groups in total. The Labute approximate surface area is 169 Å². The summed E-state index contributed by atoms with van der Waals surface area (Å²) in [7, 11) is 1.55. The van der Waals surface area contributed by atoms with Gasteiger partial charge < -0.3 is 18.6 Å². The Morgan fingerprint density at radius 3 is 2.72 bits per heavy atom. The van der Waals surface area contributed by atoms with Gasteiger partial charge >= 0.3 is 5.91 Å². The average Bonchev–Trinajstić information content (AvgIpc) is 3.14. The number of benzene rings is 2. The van der Waals surface area contributed by atoms with E-state index in [-0.39, 0.29) is 11.9 Å². The lowest BCUT2D eigenvalue weighted by atomic mass is 10.2. The summed E-state index contributed by atoms with van der Waals surface area (Å²) in [5.74, 6) is 1.55. The van der Waals surface area contributed by atoms with Crippen molar-refractivity contribution in [2.75, 3.05) is 13.7 Å². The Morgan fingerprint density at radius 2 is 2.00 bits per heavy atom. The van der Waals surface area contributed by atoms with Crippen molar-refractivity contribution in [2.45, 2.75) is 26.9 Å². The van der Waals surface area contributed by atoms with Crippen LogP contribution in [0.1, 0.15) is 36.9 Å². The molecule has 0 saturated carbocycles. The first-order chi connectivity index (χ1) is 14.0. The number of ether oxygens (including phenoxy) is 3. The highest BCUT2D eigenvalue weighted by Gasteiger charge is 2.14. The van der Waals surface area contributed by atoms with Gasteiger partial charge in [0.25, 0.3) is 0 Å². The molecule has 1 amide bonds. The molecule has 1 aromatic heterocycles. The van der Waals surface area contributed by atoms with Crippen LogP contribution in [0.2, 0.25) is 0 Å². The van der Waals surface area contributed by atoms with E-state index in [9.17, 15) is 4.79 Å². The molecule has 152 valence electrons. The molecule has 0 aliphatic rings. The van der Waals surface area contributed by atoms with Crippen LogP contribution in [-0.4, -0.2) is 31.9 Å². The molecule has 2 aromatic carbocycles. The van der Waals surface area contributed by atoms with Gasteiger partial charge in [-0.2, -0.15) is 5.10 Å². The molecule has 0 atom stereocenters. The number of hydrogen-bond donors (Lipinski definition) is 1. The number of carbonyl (C=O) groups excluding carboxylic acids is 1. The summed E-state index contributed by atoms with van der Waals surface area (Å²) in [6.07, 6.45) is 1.57. The van der Waals surface area contributed by atoms with Crippen molar-refractivity contribution in [3.05, 3.63) is 53.8 Å². The van der Waals surface area contributed by atoms with Crippen molar-refractivity contribution in [3.8, 4) is 17.2 Å². The van der Waals surface area contributed by atoms with Crippen molar-refractivity contribution in [1.29, 1.82) is 0 Å². The summed E-state index contributed by atoms with van der Waals surface area (Å²) in [6.45, 7) is 6.33. The molecule has 0 spiro atoms. The molecule has 7 nitrogen and oxygen atoms in total. The van der Waals surface area contributed by atoms with Crippen molar-refractivity contribution in [2.24, 2.45) is 5.10 Å². The molecule has 29 heavy (non-hydrogen) atoms. The fraction of sp³-hybridized carbons (Fsp3) is 0.273. The molecule has 1 heterocycles. The number of fused-ring (bicyclic) bond motifs is 1. The second kappa shape index (κ2) is 9.14. The van der Waals surface area contributed by atoms with Crippen LogP contribution in [0.25, 0.3) is 11.0 Å². The van der Waals surface area contributed by atoms with Crippen molar-refractivity contribution < 1.29 is 23.4 Å². The van der Waals surface area contributed by atoms with Gasteiger partial charge in [-0.3, -0.25) is 4.79 Å². The van der Waals surface area contributed by atoms with Gasteiger partial charge in [-0.05, 0) is 56.7 Å². The molecular weight excluding hydrogens is 372 g/mol. The van der Waals surface area contributed by atoms with Gasteiger partial charge in [0, 0.05) is 5.39 Å². The number of hydrogen-bond acceptors (Lipinski definition) is 6. The maximum atomic E-state index is 12.3. The third kappa shape index (κ3) is 4.87. The lowest BCUT2D eigenvalue weighted by molar-refractivity contribution is 0.0929. The summed E-state index contributed by atoms with van der Waals surface area (Å²) < 4.78 is 22.2. The zero-order valence-electron chi connectivity index (χ0n) is 16.9. The van der Waals surface area contributed by atoms with E-state index in [1.807, 2.05) is 51.1 Å². The van der Waals surface area contributed by atoms with Crippen molar-refractivity contribution >= 4 is 23.1 Å². The molecule has 0 aliphatic heterocycles. The van der Waals surface area contributed by atoms with Gasteiger partial charge in [0.05, 0.1) is 26.0 Å². The highest BCUT2D eigenvalue weighted by atomic mass is 16.5. The summed E-state index contributed by atoms with van der Waals surface area (Å²) >= 11 is 0. The average molecular weight is 396 g/mol. The number of carbonyl (C=O) groups is 1. The maximum absolute atomic E-state index is 12.3. The lowest BCUT2D eigenvalue weighted by Crippen LogP contribution is -2.16. The van der Waals surface area contributed by atoms with Gasteiger partial charge in [-0.25, -0.2) is 5.43 Å². The Kier molecular flexibility index (Phi) is 6.39. The molecule has 3 rings (SSSR count). The molecule has 3 aromatic rings. The predicted molar refractivity (Wildman–Crippen MR) is 111 cm³/mol. The Hall–Kier alpha value is -3.48. The van der Waals surface area contributed by atoms with Gasteiger partial charge in [0.15, 0.2) is 28.6 Å². The minimum atomic E-state index is -0.454. The lowest BCUT2D eigenvalue weighted by Gasteiger charge is -2.14. The van der Waals surface area contributed by atoms with E-state index in [0.717, 1.165) is 10.9 Å². The third-order valence-electron chi connectivity index (χ3n) is 3.96. The number of methoxy groups -OCH3 is 1. The van der Waals surface area contributed by atoms with Crippen molar-refractivity contribution in [3.63, 3.8) is 0 Å². The van der Waals surface area contributed by atoms with Crippen LogP contribution in [0, 0.1) is 0 Å². The predicted octanol–water partition coefficient (Wildman–Crippen LogP) is 4.39. The van der Waals surface area contributed by atoms with E-state index >= 15 is 0 Å². The number of amides is 1. The van der Waals surface area contributed by atoms with E-state index in [2.05, 4.69) is 10.5 Å². The minimum absolute atomic E-state index is 0.0374. The van der Waals surface area contributed by atoms with Crippen LogP contribution in [0.3, 0.4) is 0 Å². The fourth-order valence-corrected chi connectivity index (χ4v) is 2.75. The minimum Gasteiger partial charge on any atom is -0.493 e. The second-order valence-electron chi connectivity index (χ2n) is 6.49. The van der Waals surface area contributed by atoms with Crippen LogP contribution >= 0.6 is 0 Å². The van der Waals surface area contributed by atoms with Gasteiger partial charge in [0.2, 0.25) is 0 Å². The molecule has 0 unspecified atom stereocenters. The van der Waals surface area contributed by atoms with Crippen LogP contribution in [0.4, 0.5) is 0 Å². The standard InChI is InChI=1S/C22H24N2O5/c1-5-27-19-11-15(9-10-17(19)28-14(2)3)13-23-24-22(25)20-12-16-7-6-8-18(26-4)21(16)29-20/h6-14H,5H2,1-4H3,(H,24,25)/b23-13-. The first kappa shape index (κ1) is 20.3. The van der Waals surface area contributed by atoms with E-state index in [1.165, 1.54) is 6.21 Å². The number of para-hydroxylation sites is 1. The fourth-order valence-electron chi connectivity index (χ4n) is 2.75. The van der Waals surface area contributed by atoms with Crippen molar-refractivity contribution in [1.82, 2.24) is 5.43 Å². The van der Waals surface area contributed by atoms with E-state index in [4.69, 9.17) is 18.6 Å². The summed E-state index contributed by atoms with van der Waals surface area (Å²) in [4.78, 5) is 12.3. The monoisotopic (exact) mass is 396 g/mol. The summed E-state index contributed by atoms with van der Waals surface area (Å²) in [6, 6.07) is 12.6. The number of hydrazone groups is 1. The van der Waals surface area contributed by atoms with Crippen LogP contribution in [-0.2, 0) is 0 Å². The van der Waals surface area contributed by atoms with E-state index < -0.39 is 5.91 Å². The zero-order chi connectivity index (χ0) is 20.8. The third-order valence-corrected chi connectivity index (χ3v) is 3.96. The molecule has 0 aliphatic carbocycles. The Bertz CT molecular complexity index is 1020. The second-order valence-corrected chi connectivity index (χ2v) is 6.49. The first-order valence-electron chi connectivity index (χ1n) is 9.35. The highest BCUT2D eigenvalue weighted by Crippen LogP contribution is 2.29. The molecule has 7 heteroatoms. The number of rotatable bonds is 8. The Morgan fingerprint density at radius 1 is 1.17 bits per heavy atom. The van der Waals surface area contributed by atoms with E-state index in [1.54, 1.807) is 19.2 Å². The van der Waals surface area contributed by atoms with Gasteiger partial charge in [-0.15, -0.1) is 0 Å². The highest BCUT2D eigenvalue weighted by molar-refractivity contribution is 5.97. The normalized spacial score (nSPS) is 11.2. The van der Waals surface area contributed by atoms with Gasteiger partial charge in [0.1, 0.15) is 0 Å². The van der Waals surface area contributed by atoms with Crippen LogP contribution < -0.4 is 19.6 Å². The number of nitrogens with zero attached hydrogens (tertiary/aromatic N) is 1. The van der Waals surface area contributed by atoms with Crippen LogP contribution in [0.15, 0.2) is 52.0 Å². The van der Waals surface area contributed by atoms with Crippen LogP contribution in [0.5, 0.6) is 17.2 Å². The SMILES string of the molecule is CCOc1cc(/C=N\NC(=O)c2cc3cccc(OC)c3o2)ccc1OC(C)C. The maximum Gasteiger partial charge on any atom is 0.307 e.